The van der Waals surface area contributed by atoms with Crippen LogP contribution in [-0.2, 0) is 0 Å². The van der Waals surface area contributed by atoms with Crippen molar-refractivity contribution < 1.29 is 4.79 Å². The van der Waals surface area contributed by atoms with Crippen LogP contribution in [0.5, 0.6) is 0 Å². The molecule has 2 rings (SSSR count). The first kappa shape index (κ1) is 12.6. The van der Waals surface area contributed by atoms with Crippen molar-refractivity contribution in [3.63, 3.8) is 0 Å². The average molecular weight is 297 g/mol. The van der Waals surface area contributed by atoms with Gasteiger partial charge in [0.1, 0.15) is 0 Å². The molecule has 0 aromatic heterocycles. The average Bonchev–Trinajstić information content (AvgIpc) is 2.69. The number of carbonyl (C=O) groups excluding carboxylic acids is 1. The Morgan fingerprint density at radius 2 is 2.35 bits per heavy atom. The SMILES string of the molecule is CC1CC(CN)CN1C(=O)c1cccc(Br)c1. The number of likely N-dealkylation sites (tertiary alicyclic amines) is 1. The van der Waals surface area contributed by atoms with Gasteiger partial charge in [0.2, 0.25) is 0 Å². The van der Waals surface area contributed by atoms with Crippen LogP contribution in [-0.4, -0.2) is 29.9 Å². The number of hydrogen-bond acceptors (Lipinski definition) is 2. The van der Waals surface area contributed by atoms with E-state index >= 15 is 0 Å². The summed E-state index contributed by atoms with van der Waals surface area (Å²) in [5.41, 5.74) is 6.42. The minimum Gasteiger partial charge on any atom is -0.336 e. The van der Waals surface area contributed by atoms with Crippen LogP contribution in [0.1, 0.15) is 23.7 Å². The number of halogens is 1. The van der Waals surface area contributed by atoms with Gasteiger partial charge in [-0.3, -0.25) is 4.79 Å². The Hall–Kier alpha value is -0.870. The first-order valence-electron chi connectivity index (χ1n) is 5.88. The van der Waals surface area contributed by atoms with Crippen LogP contribution in [0.3, 0.4) is 0 Å². The lowest BCUT2D eigenvalue weighted by Gasteiger charge is -2.21. The molecule has 92 valence electrons. The van der Waals surface area contributed by atoms with E-state index in [1.165, 1.54) is 0 Å². The molecule has 1 aromatic carbocycles. The highest BCUT2D eigenvalue weighted by molar-refractivity contribution is 9.10. The predicted octanol–water partition coefficient (Wildman–Crippen LogP) is 2.26. The van der Waals surface area contributed by atoms with Gasteiger partial charge < -0.3 is 10.6 Å². The normalized spacial score (nSPS) is 24.1. The molecule has 2 unspecified atom stereocenters. The fourth-order valence-corrected chi connectivity index (χ4v) is 2.78. The fourth-order valence-electron chi connectivity index (χ4n) is 2.38. The minimum absolute atomic E-state index is 0.106. The predicted molar refractivity (Wildman–Crippen MR) is 71.8 cm³/mol. The molecule has 3 nitrogen and oxygen atoms in total. The number of hydrogen-bond donors (Lipinski definition) is 1. The van der Waals surface area contributed by atoms with Crippen molar-refractivity contribution in [3.05, 3.63) is 34.3 Å². The molecule has 1 fully saturated rings. The monoisotopic (exact) mass is 296 g/mol. The van der Waals surface area contributed by atoms with E-state index in [9.17, 15) is 4.79 Å². The maximum atomic E-state index is 12.3. The highest BCUT2D eigenvalue weighted by Gasteiger charge is 2.31. The number of nitrogens with two attached hydrogens (primary N) is 1. The first-order chi connectivity index (χ1) is 8.11. The number of nitrogens with zero attached hydrogens (tertiary/aromatic N) is 1. The smallest absolute Gasteiger partial charge is 0.254 e. The Morgan fingerprint density at radius 1 is 1.59 bits per heavy atom. The molecule has 17 heavy (non-hydrogen) atoms. The van der Waals surface area contributed by atoms with E-state index in [1.807, 2.05) is 29.2 Å². The molecule has 4 heteroatoms. The zero-order chi connectivity index (χ0) is 12.4. The molecule has 0 saturated carbocycles. The van der Waals surface area contributed by atoms with Crippen LogP contribution in [0.4, 0.5) is 0 Å². The van der Waals surface area contributed by atoms with E-state index < -0.39 is 0 Å². The summed E-state index contributed by atoms with van der Waals surface area (Å²) in [5.74, 6) is 0.552. The van der Waals surface area contributed by atoms with E-state index in [0.29, 0.717) is 12.5 Å². The Bertz CT molecular complexity index is 422. The zero-order valence-electron chi connectivity index (χ0n) is 9.90. The number of benzene rings is 1. The van der Waals surface area contributed by atoms with Gasteiger partial charge >= 0.3 is 0 Å². The van der Waals surface area contributed by atoms with Crippen molar-refractivity contribution in [2.45, 2.75) is 19.4 Å². The summed E-state index contributed by atoms with van der Waals surface area (Å²) in [4.78, 5) is 14.3. The Kier molecular flexibility index (Phi) is 3.84. The third-order valence-corrected chi connectivity index (χ3v) is 3.82. The summed E-state index contributed by atoms with van der Waals surface area (Å²) in [5, 5.41) is 0. The molecule has 0 spiro atoms. The van der Waals surface area contributed by atoms with E-state index in [4.69, 9.17) is 5.73 Å². The topological polar surface area (TPSA) is 46.3 Å². The van der Waals surface area contributed by atoms with Crippen molar-refractivity contribution in [2.24, 2.45) is 11.7 Å². The Labute approximate surface area is 110 Å². The van der Waals surface area contributed by atoms with Gasteiger partial charge in [-0.15, -0.1) is 0 Å². The molecule has 2 atom stereocenters. The molecular weight excluding hydrogens is 280 g/mol. The van der Waals surface area contributed by atoms with Crippen LogP contribution in [0.2, 0.25) is 0 Å². The van der Waals surface area contributed by atoms with Crippen molar-refractivity contribution in [3.8, 4) is 0 Å². The maximum absolute atomic E-state index is 12.3. The third-order valence-electron chi connectivity index (χ3n) is 3.33. The quantitative estimate of drug-likeness (QED) is 0.910. The van der Waals surface area contributed by atoms with Gasteiger partial charge in [0.15, 0.2) is 0 Å². The van der Waals surface area contributed by atoms with E-state index in [1.54, 1.807) is 0 Å². The largest absolute Gasteiger partial charge is 0.336 e. The van der Waals surface area contributed by atoms with Gasteiger partial charge in [0.25, 0.3) is 5.91 Å². The van der Waals surface area contributed by atoms with Crippen LogP contribution in [0.25, 0.3) is 0 Å². The standard InChI is InChI=1S/C13H17BrN2O/c1-9-5-10(7-15)8-16(9)13(17)11-3-2-4-12(14)6-11/h2-4,6,9-10H,5,7-8,15H2,1H3. The number of amides is 1. The van der Waals surface area contributed by atoms with Gasteiger partial charge in [0, 0.05) is 22.6 Å². The zero-order valence-corrected chi connectivity index (χ0v) is 11.5. The van der Waals surface area contributed by atoms with Crippen LogP contribution in [0, 0.1) is 5.92 Å². The summed E-state index contributed by atoms with van der Waals surface area (Å²) in [6.45, 7) is 3.53. The Balaban J connectivity index is 2.15. The summed E-state index contributed by atoms with van der Waals surface area (Å²) in [6.07, 6.45) is 1.01. The van der Waals surface area contributed by atoms with Crippen LogP contribution in [0.15, 0.2) is 28.7 Å². The first-order valence-corrected chi connectivity index (χ1v) is 6.67. The molecule has 1 heterocycles. The van der Waals surface area contributed by atoms with Crippen molar-refractivity contribution in [1.29, 1.82) is 0 Å². The number of carbonyl (C=O) groups is 1. The maximum Gasteiger partial charge on any atom is 0.254 e. The Morgan fingerprint density at radius 3 is 2.94 bits per heavy atom. The molecule has 1 aromatic rings. The molecule has 0 radical (unpaired) electrons. The number of rotatable bonds is 2. The summed E-state index contributed by atoms with van der Waals surface area (Å²) >= 11 is 3.39. The molecule has 1 aliphatic heterocycles. The van der Waals surface area contributed by atoms with Gasteiger partial charge in [0.05, 0.1) is 0 Å². The highest BCUT2D eigenvalue weighted by Crippen LogP contribution is 2.24. The summed E-state index contributed by atoms with van der Waals surface area (Å²) < 4.78 is 0.936. The lowest BCUT2D eigenvalue weighted by atomic mass is 10.1. The van der Waals surface area contributed by atoms with Crippen LogP contribution < -0.4 is 5.73 Å². The molecule has 1 aliphatic rings. The lowest BCUT2D eigenvalue weighted by molar-refractivity contribution is 0.0743. The summed E-state index contributed by atoms with van der Waals surface area (Å²) in [7, 11) is 0. The molecule has 0 aliphatic carbocycles. The van der Waals surface area contributed by atoms with Gasteiger partial charge in [-0.05, 0) is 44.0 Å². The molecule has 0 bridgehead atoms. The molecule has 1 amide bonds. The van der Waals surface area contributed by atoms with Gasteiger partial charge in [-0.2, -0.15) is 0 Å². The van der Waals surface area contributed by atoms with Crippen molar-refractivity contribution in [2.75, 3.05) is 13.1 Å². The lowest BCUT2D eigenvalue weighted by Crippen LogP contribution is -2.34. The second-order valence-electron chi connectivity index (χ2n) is 4.65. The van der Waals surface area contributed by atoms with Gasteiger partial charge in [-0.25, -0.2) is 0 Å². The van der Waals surface area contributed by atoms with E-state index in [0.717, 1.165) is 23.0 Å². The second-order valence-corrected chi connectivity index (χ2v) is 5.57. The van der Waals surface area contributed by atoms with E-state index in [2.05, 4.69) is 22.9 Å². The van der Waals surface area contributed by atoms with Gasteiger partial charge in [-0.1, -0.05) is 22.0 Å². The molecular formula is C13H17BrN2O. The van der Waals surface area contributed by atoms with E-state index in [-0.39, 0.29) is 11.9 Å². The second kappa shape index (κ2) is 5.19. The minimum atomic E-state index is 0.106. The highest BCUT2D eigenvalue weighted by atomic mass is 79.9. The fraction of sp³-hybridized carbons (Fsp3) is 0.462. The van der Waals surface area contributed by atoms with Crippen LogP contribution >= 0.6 is 15.9 Å². The summed E-state index contributed by atoms with van der Waals surface area (Å²) in [6, 6.07) is 7.82. The van der Waals surface area contributed by atoms with Crippen molar-refractivity contribution >= 4 is 21.8 Å². The third kappa shape index (κ3) is 2.69. The van der Waals surface area contributed by atoms with Crippen molar-refractivity contribution in [1.82, 2.24) is 4.90 Å². The molecule has 2 N–H and O–H groups in total. The molecule has 1 saturated heterocycles.